The van der Waals surface area contributed by atoms with Crippen LogP contribution >= 0.6 is 15.9 Å². The fraction of sp³-hybridized carbons (Fsp3) is 0.462. The van der Waals surface area contributed by atoms with Crippen molar-refractivity contribution in [3.8, 4) is 0 Å². The van der Waals surface area contributed by atoms with Gasteiger partial charge >= 0.3 is 5.97 Å². The number of esters is 1. The molecule has 1 unspecified atom stereocenters. The molecule has 0 aliphatic rings. The predicted molar refractivity (Wildman–Crippen MR) is 73.0 cm³/mol. The number of hydrogen-bond donors (Lipinski definition) is 1. The van der Waals surface area contributed by atoms with E-state index in [2.05, 4.69) is 21.2 Å². The van der Waals surface area contributed by atoms with Crippen LogP contribution in [0.4, 0.5) is 5.69 Å². The van der Waals surface area contributed by atoms with Crippen LogP contribution in [0.2, 0.25) is 0 Å². The van der Waals surface area contributed by atoms with Crippen molar-refractivity contribution in [2.45, 2.75) is 26.8 Å². The summed E-state index contributed by atoms with van der Waals surface area (Å²) in [7, 11) is 1.41. The van der Waals surface area contributed by atoms with E-state index in [1.165, 1.54) is 7.11 Å². The molecule has 0 radical (unpaired) electrons. The second kappa shape index (κ2) is 5.54. The molecule has 0 aliphatic heterocycles. The smallest absolute Gasteiger partial charge is 0.328 e. The molecule has 1 aromatic carbocycles. The fourth-order valence-corrected chi connectivity index (χ4v) is 1.88. The molecule has 1 N–H and O–H groups in total. The number of methoxy groups -OCH3 is 1. The van der Waals surface area contributed by atoms with Crippen LogP contribution in [0.15, 0.2) is 28.7 Å². The van der Waals surface area contributed by atoms with Gasteiger partial charge in [-0.25, -0.2) is 4.79 Å². The third kappa shape index (κ3) is 3.73. The van der Waals surface area contributed by atoms with Gasteiger partial charge in [0.1, 0.15) is 6.04 Å². The van der Waals surface area contributed by atoms with E-state index in [0.29, 0.717) is 0 Å². The van der Waals surface area contributed by atoms with Gasteiger partial charge < -0.3 is 10.1 Å². The van der Waals surface area contributed by atoms with Crippen molar-refractivity contribution in [3.63, 3.8) is 0 Å². The Hall–Kier alpha value is -1.03. The number of para-hydroxylation sites is 1. The van der Waals surface area contributed by atoms with Crippen molar-refractivity contribution in [2.75, 3.05) is 12.4 Å². The van der Waals surface area contributed by atoms with Crippen molar-refractivity contribution in [2.24, 2.45) is 5.41 Å². The van der Waals surface area contributed by atoms with E-state index >= 15 is 0 Å². The van der Waals surface area contributed by atoms with E-state index in [1.54, 1.807) is 0 Å². The van der Waals surface area contributed by atoms with Crippen molar-refractivity contribution < 1.29 is 9.53 Å². The summed E-state index contributed by atoms with van der Waals surface area (Å²) in [5.41, 5.74) is 0.667. The highest BCUT2D eigenvalue weighted by molar-refractivity contribution is 9.10. The fourth-order valence-electron chi connectivity index (χ4n) is 1.48. The zero-order chi connectivity index (χ0) is 13.1. The quantitative estimate of drug-likeness (QED) is 0.869. The molecule has 0 aliphatic carbocycles. The van der Waals surface area contributed by atoms with Crippen LogP contribution in [-0.4, -0.2) is 19.1 Å². The molecule has 94 valence electrons. The molecule has 0 fully saturated rings. The second-order valence-corrected chi connectivity index (χ2v) is 5.80. The van der Waals surface area contributed by atoms with Crippen molar-refractivity contribution >= 4 is 27.6 Å². The number of ether oxygens (including phenoxy) is 1. The Morgan fingerprint density at radius 1 is 1.35 bits per heavy atom. The second-order valence-electron chi connectivity index (χ2n) is 4.95. The van der Waals surface area contributed by atoms with Crippen LogP contribution in [0, 0.1) is 5.41 Å². The van der Waals surface area contributed by atoms with Gasteiger partial charge in [-0.05, 0) is 33.5 Å². The molecular formula is C13H18BrNO2. The van der Waals surface area contributed by atoms with Gasteiger partial charge in [-0.15, -0.1) is 0 Å². The van der Waals surface area contributed by atoms with Gasteiger partial charge in [0, 0.05) is 10.2 Å². The number of nitrogens with one attached hydrogen (secondary N) is 1. The van der Waals surface area contributed by atoms with Crippen LogP contribution in [0.5, 0.6) is 0 Å². The van der Waals surface area contributed by atoms with E-state index in [0.717, 1.165) is 10.2 Å². The van der Waals surface area contributed by atoms with E-state index in [1.807, 2.05) is 45.0 Å². The Labute approximate surface area is 111 Å². The Morgan fingerprint density at radius 3 is 2.41 bits per heavy atom. The first-order valence-electron chi connectivity index (χ1n) is 5.45. The maximum absolute atomic E-state index is 11.8. The maximum Gasteiger partial charge on any atom is 0.328 e. The molecule has 0 saturated carbocycles. The van der Waals surface area contributed by atoms with Crippen LogP contribution in [0.1, 0.15) is 20.8 Å². The number of benzene rings is 1. The van der Waals surface area contributed by atoms with Gasteiger partial charge in [-0.1, -0.05) is 32.9 Å². The van der Waals surface area contributed by atoms with Gasteiger partial charge in [-0.3, -0.25) is 0 Å². The van der Waals surface area contributed by atoms with Gasteiger partial charge in [-0.2, -0.15) is 0 Å². The van der Waals surface area contributed by atoms with Crippen LogP contribution in [0.3, 0.4) is 0 Å². The SMILES string of the molecule is COC(=O)C(Nc1ccccc1Br)C(C)(C)C. The van der Waals surface area contributed by atoms with Crippen molar-refractivity contribution in [3.05, 3.63) is 28.7 Å². The zero-order valence-electron chi connectivity index (χ0n) is 10.6. The van der Waals surface area contributed by atoms with Gasteiger partial charge in [0.15, 0.2) is 0 Å². The van der Waals surface area contributed by atoms with Crippen LogP contribution < -0.4 is 5.32 Å². The average Bonchev–Trinajstić information content (AvgIpc) is 2.25. The summed E-state index contributed by atoms with van der Waals surface area (Å²) in [5, 5.41) is 3.22. The first kappa shape index (κ1) is 14.0. The number of hydrogen-bond acceptors (Lipinski definition) is 3. The lowest BCUT2D eigenvalue weighted by Gasteiger charge is -2.30. The molecule has 1 rings (SSSR count). The third-order valence-electron chi connectivity index (χ3n) is 2.48. The predicted octanol–water partition coefficient (Wildman–Crippen LogP) is 3.45. The molecule has 1 atom stereocenters. The largest absolute Gasteiger partial charge is 0.467 e. The number of anilines is 1. The number of carbonyl (C=O) groups excluding carboxylic acids is 1. The monoisotopic (exact) mass is 299 g/mol. The highest BCUT2D eigenvalue weighted by Crippen LogP contribution is 2.28. The van der Waals surface area contributed by atoms with E-state index in [-0.39, 0.29) is 17.4 Å². The van der Waals surface area contributed by atoms with E-state index < -0.39 is 0 Å². The molecular weight excluding hydrogens is 282 g/mol. The van der Waals surface area contributed by atoms with Crippen molar-refractivity contribution in [1.29, 1.82) is 0 Å². The number of halogens is 1. The number of carbonyl (C=O) groups is 1. The summed E-state index contributed by atoms with van der Waals surface area (Å²) >= 11 is 3.45. The molecule has 1 aromatic rings. The molecule has 0 saturated heterocycles. The van der Waals surface area contributed by atoms with E-state index in [9.17, 15) is 4.79 Å². The lowest BCUT2D eigenvalue weighted by atomic mass is 9.86. The molecule has 0 heterocycles. The summed E-state index contributed by atoms with van der Waals surface area (Å²) in [6, 6.07) is 7.32. The Kier molecular flexibility index (Phi) is 4.57. The zero-order valence-corrected chi connectivity index (χ0v) is 12.2. The van der Waals surface area contributed by atoms with Crippen molar-refractivity contribution in [1.82, 2.24) is 0 Å². The highest BCUT2D eigenvalue weighted by atomic mass is 79.9. The maximum atomic E-state index is 11.8. The molecule has 0 aromatic heterocycles. The normalized spacial score (nSPS) is 13.0. The average molecular weight is 300 g/mol. The lowest BCUT2D eigenvalue weighted by Crippen LogP contribution is -2.42. The summed E-state index contributed by atoms with van der Waals surface area (Å²) in [4.78, 5) is 11.8. The van der Waals surface area contributed by atoms with E-state index in [4.69, 9.17) is 4.74 Å². The summed E-state index contributed by atoms with van der Waals surface area (Å²) < 4.78 is 5.76. The molecule has 4 heteroatoms. The highest BCUT2D eigenvalue weighted by Gasteiger charge is 2.32. The lowest BCUT2D eigenvalue weighted by molar-refractivity contribution is -0.143. The first-order valence-corrected chi connectivity index (χ1v) is 6.24. The minimum atomic E-state index is -0.383. The van der Waals surface area contributed by atoms with Crippen LogP contribution in [0.25, 0.3) is 0 Å². The molecule has 3 nitrogen and oxygen atoms in total. The number of rotatable bonds is 3. The third-order valence-corrected chi connectivity index (χ3v) is 3.17. The summed E-state index contributed by atoms with van der Waals surface area (Å²) in [5.74, 6) is -0.256. The Balaban J connectivity index is 2.95. The summed E-state index contributed by atoms with van der Waals surface area (Å²) in [6.45, 7) is 6.00. The van der Waals surface area contributed by atoms with Crippen LogP contribution in [-0.2, 0) is 9.53 Å². The standard InChI is InChI=1S/C13H18BrNO2/c1-13(2,3)11(12(16)17-4)15-10-8-6-5-7-9(10)14/h5-8,11,15H,1-4H3. The first-order chi connectivity index (χ1) is 7.86. The van der Waals surface area contributed by atoms with Gasteiger partial charge in [0.25, 0.3) is 0 Å². The molecule has 0 bridgehead atoms. The minimum Gasteiger partial charge on any atom is -0.467 e. The molecule has 0 amide bonds. The minimum absolute atomic E-state index is 0.220. The molecule has 0 spiro atoms. The Morgan fingerprint density at radius 2 is 1.94 bits per heavy atom. The van der Waals surface area contributed by atoms with Gasteiger partial charge in [0.2, 0.25) is 0 Å². The van der Waals surface area contributed by atoms with Gasteiger partial charge in [0.05, 0.1) is 7.11 Å². The Bertz CT molecular complexity index is 399. The summed E-state index contributed by atoms with van der Waals surface area (Å²) in [6.07, 6.45) is 0. The molecule has 17 heavy (non-hydrogen) atoms. The topological polar surface area (TPSA) is 38.3 Å².